The Bertz CT molecular complexity index is 1250. The maximum Gasteiger partial charge on any atom is 0.239 e. The van der Waals surface area contributed by atoms with Crippen LogP contribution in [0.2, 0.25) is 0 Å². The van der Waals surface area contributed by atoms with Crippen LogP contribution in [0.3, 0.4) is 0 Å². The number of piperidine rings is 1. The van der Waals surface area contributed by atoms with E-state index in [1.165, 1.54) is 44.9 Å². The number of amides is 3. The van der Waals surface area contributed by atoms with Crippen molar-refractivity contribution in [3.8, 4) is 0 Å². The lowest BCUT2D eigenvalue weighted by molar-refractivity contribution is -0.126. The summed E-state index contributed by atoms with van der Waals surface area (Å²) >= 11 is 0. The van der Waals surface area contributed by atoms with Crippen molar-refractivity contribution in [3.63, 3.8) is 0 Å². The van der Waals surface area contributed by atoms with Crippen molar-refractivity contribution < 1.29 is 14.4 Å². The van der Waals surface area contributed by atoms with E-state index in [1.54, 1.807) is 0 Å². The molecule has 0 radical (unpaired) electrons. The highest BCUT2D eigenvalue weighted by Gasteiger charge is 2.38. The number of hydrogen-bond acceptors (Lipinski definition) is 4. The third-order valence-corrected chi connectivity index (χ3v) is 9.36. The van der Waals surface area contributed by atoms with Crippen LogP contribution in [0, 0.1) is 5.92 Å². The van der Waals surface area contributed by atoms with E-state index < -0.39 is 5.41 Å². The molecule has 0 unspecified atom stereocenters. The molecule has 1 atom stereocenters. The lowest BCUT2D eigenvalue weighted by atomic mass is 9.67. The topological polar surface area (TPSA) is 90.5 Å². The first-order chi connectivity index (χ1) is 23.0. The number of likely N-dealkylation sites (tertiary alicyclic amines) is 1. The molecular weight excluding hydrogens is 584 g/mol. The lowest BCUT2D eigenvalue weighted by Gasteiger charge is -2.35. The molecule has 1 heterocycles. The van der Waals surface area contributed by atoms with E-state index in [1.807, 2.05) is 91.0 Å². The van der Waals surface area contributed by atoms with Crippen LogP contribution in [0.1, 0.15) is 87.8 Å². The van der Waals surface area contributed by atoms with Crippen molar-refractivity contribution in [3.05, 3.63) is 108 Å². The van der Waals surface area contributed by atoms with Gasteiger partial charge in [0, 0.05) is 32.5 Å². The first-order valence-corrected chi connectivity index (χ1v) is 17.7. The van der Waals surface area contributed by atoms with Crippen LogP contribution in [0.25, 0.3) is 0 Å². The second-order valence-corrected chi connectivity index (χ2v) is 12.9. The van der Waals surface area contributed by atoms with E-state index in [9.17, 15) is 14.4 Å². The fraction of sp³-hybridized carbons (Fsp3) is 0.475. The quantitative estimate of drug-likeness (QED) is 0.107. The summed E-state index contributed by atoms with van der Waals surface area (Å²) in [7, 11) is 0. The monoisotopic (exact) mass is 638 g/mol. The molecule has 1 aliphatic rings. The Kier molecular flexibility index (Phi) is 15.0. The van der Waals surface area contributed by atoms with Gasteiger partial charge >= 0.3 is 0 Å². The number of rotatable bonds is 19. The Labute approximate surface area is 281 Å². The summed E-state index contributed by atoms with van der Waals surface area (Å²) in [6.07, 6.45) is 10.5. The van der Waals surface area contributed by atoms with E-state index in [4.69, 9.17) is 0 Å². The van der Waals surface area contributed by atoms with E-state index in [0.717, 1.165) is 42.7 Å². The first kappa shape index (κ1) is 35.9. The van der Waals surface area contributed by atoms with Crippen LogP contribution >= 0.6 is 0 Å². The summed E-state index contributed by atoms with van der Waals surface area (Å²) in [5.74, 6) is -0.117. The second-order valence-electron chi connectivity index (χ2n) is 12.9. The van der Waals surface area contributed by atoms with Gasteiger partial charge in [0.25, 0.3) is 0 Å². The Morgan fingerprint density at radius 3 is 1.87 bits per heavy atom. The molecule has 1 fully saturated rings. The molecule has 1 aliphatic heterocycles. The molecule has 3 aromatic carbocycles. The van der Waals surface area contributed by atoms with Crippen LogP contribution in [0.15, 0.2) is 91.0 Å². The minimum absolute atomic E-state index is 0.0549. The van der Waals surface area contributed by atoms with Crippen LogP contribution in [0.4, 0.5) is 0 Å². The Balaban J connectivity index is 1.20. The van der Waals surface area contributed by atoms with E-state index >= 15 is 0 Å². The third kappa shape index (κ3) is 11.4. The van der Waals surface area contributed by atoms with E-state index in [2.05, 4.69) is 27.8 Å². The summed E-state index contributed by atoms with van der Waals surface area (Å²) in [5.41, 5.74) is 2.27. The number of unbranched alkanes of at least 4 members (excludes halogenated alkanes) is 5. The Morgan fingerprint density at radius 2 is 1.28 bits per heavy atom. The largest absolute Gasteiger partial charge is 0.356 e. The number of carbonyl (C=O) groups excluding carboxylic acids is 3. The molecule has 3 amide bonds. The molecule has 0 spiro atoms. The van der Waals surface area contributed by atoms with Gasteiger partial charge in [-0.2, -0.15) is 0 Å². The Morgan fingerprint density at radius 1 is 0.702 bits per heavy atom. The molecule has 4 rings (SSSR count). The van der Waals surface area contributed by atoms with E-state index in [-0.39, 0.29) is 43.7 Å². The van der Waals surface area contributed by atoms with Gasteiger partial charge in [-0.3, -0.25) is 14.4 Å². The molecule has 1 saturated heterocycles. The minimum Gasteiger partial charge on any atom is -0.356 e. The fourth-order valence-corrected chi connectivity index (χ4v) is 6.82. The maximum absolute atomic E-state index is 13.5. The summed E-state index contributed by atoms with van der Waals surface area (Å²) < 4.78 is 0. The number of hydrogen-bond donors (Lipinski definition) is 3. The molecular formula is C40H54N4O3. The molecule has 0 bridgehead atoms. The standard InChI is InChI=1S/C40H54N4O3/c1-2-3-4-5-6-16-27-44-28-17-18-33(32-44)30-42-37(45)25-26-41-39(47)31-43-38(46)29-40(34-19-10-7-11-20-34,35-21-12-8-13-22-35)36-23-14-9-15-24-36/h7-15,19-24,33H,2-6,16-18,25-32H2,1H3,(H,41,47)(H,42,45)(H,43,46)/t33-/m1/s1. The zero-order valence-corrected chi connectivity index (χ0v) is 28.2. The first-order valence-electron chi connectivity index (χ1n) is 17.7. The second kappa shape index (κ2) is 19.6. The van der Waals surface area contributed by atoms with Crippen LogP contribution in [0.5, 0.6) is 0 Å². The van der Waals surface area contributed by atoms with Gasteiger partial charge in [0.2, 0.25) is 17.7 Å². The Hall–Kier alpha value is -3.97. The number of carbonyl (C=O) groups is 3. The summed E-state index contributed by atoms with van der Waals surface area (Å²) in [6.45, 7) is 6.39. The lowest BCUT2D eigenvalue weighted by Crippen LogP contribution is -2.43. The molecule has 3 aromatic rings. The molecule has 7 heteroatoms. The zero-order valence-electron chi connectivity index (χ0n) is 28.2. The van der Waals surface area contributed by atoms with Gasteiger partial charge in [-0.05, 0) is 55.0 Å². The van der Waals surface area contributed by atoms with Gasteiger partial charge in [-0.1, -0.05) is 130 Å². The summed E-state index contributed by atoms with van der Waals surface area (Å²) in [4.78, 5) is 41.2. The van der Waals surface area contributed by atoms with Gasteiger partial charge in [0.05, 0.1) is 12.0 Å². The highest BCUT2D eigenvalue weighted by Crippen LogP contribution is 2.42. The minimum atomic E-state index is -0.730. The number of benzene rings is 3. The highest BCUT2D eigenvalue weighted by atomic mass is 16.2. The number of nitrogens with zero attached hydrogens (tertiary/aromatic N) is 1. The average molecular weight is 639 g/mol. The maximum atomic E-state index is 13.5. The van der Waals surface area contributed by atoms with Gasteiger partial charge in [-0.15, -0.1) is 0 Å². The van der Waals surface area contributed by atoms with E-state index in [0.29, 0.717) is 12.5 Å². The van der Waals surface area contributed by atoms with Crippen molar-refractivity contribution in [2.75, 3.05) is 39.3 Å². The van der Waals surface area contributed by atoms with Crippen LogP contribution in [-0.2, 0) is 19.8 Å². The number of nitrogens with one attached hydrogen (secondary N) is 3. The molecule has 47 heavy (non-hydrogen) atoms. The van der Waals surface area contributed by atoms with Crippen LogP contribution < -0.4 is 16.0 Å². The fourth-order valence-electron chi connectivity index (χ4n) is 6.82. The van der Waals surface area contributed by atoms with Gasteiger partial charge in [0.1, 0.15) is 0 Å². The van der Waals surface area contributed by atoms with Gasteiger partial charge in [0.15, 0.2) is 0 Å². The van der Waals surface area contributed by atoms with Crippen molar-refractivity contribution in [1.29, 1.82) is 0 Å². The molecule has 7 nitrogen and oxygen atoms in total. The molecule has 252 valence electrons. The third-order valence-electron chi connectivity index (χ3n) is 9.36. The SMILES string of the molecule is CCCCCCCCN1CCC[C@H](CNC(=O)CCNC(=O)CNC(=O)CC(c2ccccc2)(c2ccccc2)c2ccccc2)C1. The molecule has 0 aromatic heterocycles. The van der Waals surface area contributed by atoms with Gasteiger partial charge < -0.3 is 20.9 Å². The van der Waals surface area contributed by atoms with Crippen molar-refractivity contribution in [2.45, 2.75) is 76.5 Å². The molecule has 0 aliphatic carbocycles. The van der Waals surface area contributed by atoms with Crippen molar-refractivity contribution >= 4 is 17.7 Å². The summed E-state index contributed by atoms with van der Waals surface area (Å²) in [5, 5.41) is 8.69. The zero-order chi connectivity index (χ0) is 33.2. The molecule has 3 N–H and O–H groups in total. The average Bonchev–Trinajstić information content (AvgIpc) is 3.11. The van der Waals surface area contributed by atoms with Gasteiger partial charge in [-0.25, -0.2) is 0 Å². The normalized spacial score (nSPS) is 15.1. The van der Waals surface area contributed by atoms with Crippen molar-refractivity contribution in [2.24, 2.45) is 5.92 Å². The molecule has 0 saturated carbocycles. The van der Waals surface area contributed by atoms with Crippen LogP contribution in [-0.4, -0.2) is 61.9 Å². The van der Waals surface area contributed by atoms with Crippen molar-refractivity contribution in [1.82, 2.24) is 20.9 Å². The summed E-state index contributed by atoms with van der Waals surface area (Å²) in [6, 6.07) is 30.1. The smallest absolute Gasteiger partial charge is 0.239 e. The predicted molar refractivity (Wildman–Crippen MR) is 190 cm³/mol. The highest BCUT2D eigenvalue weighted by molar-refractivity contribution is 5.86. The predicted octanol–water partition coefficient (Wildman–Crippen LogP) is 6.22.